The van der Waals surface area contributed by atoms with Gasteiger partial charge in [-0.15, -0.1) is 0 Å². The maximum atomic E-state index is 10.8. The van der Waals surface area contributed by atoms with Gasteiger partial charge in [0.1, 0.15) is 6.10 Å². The molecule has 1 unspecified atom stereocenters. The average Bonchev–Trinajstić information content (AvgIpc) is 1.99. The lowest BCUT2D eigenvalue weighted by molar-refractivity contribution is -0.153. The normalized spacial score (nSPS) is 36.5. The van der Waals surface area contributed by atoms with Gasteiger partial charge in [0, 0.05) is 6.42 Å². The van der Waals surface area contributed by atoms with E-state index in [-0.39, 0.29) is 12.8 Å². The van der Waals surface area contributed by atoms with E-state index in [0.717, 1.165) is 0 Å². The van der Waals surface area contributed by atoms with Crippen molar-refractivity contribution in [1.29, 1.82) is 0 Å². The van der Waals surface area contributed by atoms with Gasteiger partial charge in [-0.1, -0.05) is 0 Å². The second-order valence-electron chi connectivity index (χ2n) is 2.95. The van der Waals surface area contributed by atoms with Crippen molar-refractivity contribution in [1.82, 2.24) is 0 Å². The first-order valence-corrected chi connectivity index (χ1v) is 3.64. The van der Waals surface area contributed by atoms with Crippen molar-refractivity contribution in [3.8, 4) is 0 Å². The zero-order valence-electron chi connectivity index (χ0n) is 6.30. The minimum absolute atomic E-state index is 0.0533. The van der Waals surface area contributed by atoms with Crippen molar-refractivity contribution in [2.45, 2.75) is 25.0 Å². The first-order valence-electron chi connectivity index (χ1n) is 3.64. The number of hydrogen-bond donors (Lipinski definition) is 3. The first kappa shape index (κ1) is 9.15. The molecule has 0 saturated heterocycles. The quantitative estimate of drug-likeness (QED) is 0.462. The second-order valence-corrected chi connectivity index (χ2v) is 2.95. The van der Waals surface area contributed by atoms with Crippen LogP contribution in [0.5, 0.6) is 0 Å². The summed E-state index contributed by atoms with van der Waals surface area (Å²) in [5.74, 6) is -2.55. The summed E-state index contributed by atoms with van der Waals surface area (Å²) in [5.41, 5.74) is 0. The smallest absolute Gasteiger partial charge is 0.307 e. The maximum absolute atomic E-state index is 10.8. The third kappa shape index (κ3) is 1.62. The van der Waals surface area contributed by atoms with E-state index >= 15 is 0 Å². The topological polar surface area (TPSA) is 94.8 Å². The Morgan fingerprint density at radius 2 is 2.00 bits per heavy atom. The Morgan fingerprint density at radius 3 is 2.42 bits per heavy atom. The van der Waals surface area contributed by atoms with Gasteiger partial charge in [0.25, 0.3) is 0 Å². The van der Waals surface area contributed by atoms with Crippen LogP contribution in [0.1, 0.15) is 12.8 Å². The van der Waals surface area contributed by atoms with Gasteiger partial charge in [-0.25, -0.2) is 0 Å². The number of ketones is 1. The molecule has 3 atom stereocenters. The van der Waals surface area contributed by atoms with Crippen LogP contribution in [0, 0.1) is 5.92 Å². The SMILES string of the molecule is O=C(O)C1CC(=O)[C@@H](O)[C@H](O)C1. The monoisotopic (exact) mass is 174 g/mol. The van der Waals surface area contributed by atoms with Crippen LogP contribution in [0.4, 0.5) is 0 Å². The van der Waals surface area contributed by atoms with E-state index in [1.165, 1.54) is 0 Å². The number of Topliss-reactive ketones (excluding diaryl/α,β-unsaturated/α-hetero) is 1. The summed E-state index contributed by atoms with van der Waals surface area (Å²) in [4.78, 5) is 21.3. The van der Waals surface area contributed by atoms with Gasteiger partial charge >= 0.3 is 5.97 Å². The van der Waals surface area contributed by atoms with Crippen molar-refractivity contribution < 1.29 is 24.9 Å². The van der Waals surface area contributed by atoms with Crippen molar-refractivity contribution in [2.24, 2.45) is 5.92 Å². The molecule has 1 fully saturated rings. The fourth-order valence-electron chi connectivity index (χ4n) is 1.27. The fourth-order valence-corrected chi connectivity index (χ4v) is 1.27. The van der Waals surface area contributed by atoms with Gasteiger partial charge in [-0.3, -0.25) is 9.59 Å². The molecule has 3 N–H and O–H groups in total. The molecule has 0 aromatic heterocycles. The third-order valence-corrected chi connectivity index (χ3v) is 2.02. The number of aliphatic hydroxyl groups excluding tert-OH is 2. The van der Waals surface area contributed by atoms with E-state index in [0.29, 0.717) is 0 Å². The first-order chi connectivity index (χ1) is 5.52. The highest BCUT2D eigenvalue weighted by Gasteiger charge is 2.37. The molecule has 0 bridgehead atoms. The lowest BCUT2D eigenvalue weighted by Crippen LogP contribution is -2.43. The second kappa shape index (κ2) is 3.20. The summed E-state index contributed by atoms with van der Waals surface area (Å²) in [6.07, 6.45) is -2.87. The van der Waals surface area contributed by atoms with Crippen LogP contribution in [-0.4, -0.2) is 39.3 Å². The molecule has 12 heavy (non-hydrogen) atoms. The third-order valence-electron chi connectivity index (χ3n) is 2.02. The van der Waals surface area contributed by atoms with Gasteiger partial charge in [-0.05, 0) is 6.42 Å². The molecular formula is C7H10O5. The van der Waals surface area contributed by atoms with E-state index in [4.69, 9.17) is 15.3 Å². The standard InChI is InChI=1S/C7H10O5/c8-4-1-3(7(11)12)2-5(9)6(4)10/h3-4,6,8,10H,1-2H2,(H,11,12)/t3?,4-,6+/m1/s1. The van der Waals surface area contributed by atoms with Crippen LogP contribution < -0.4 is 0 Å². The zero-order valence-corrected chi connectivity index (χ0v) is 6.30. The predicted molar refractivity (Wildman–Crippen MR) is 37.4 cm³/mol. The summed E-state index contributed by atoms with van der Waals surface area (Å²) in [7, 11) is 0. The summed E-state index contributed by atoms with van der Waals surface area (Å²) >= 11 is 0. The predicted octanol–water partition coefficient (Wildman–Crippen LogP) is -1.23. The van der Waals surface area contributed by atoms with E-state index in [1.54, 1.807) is 0 Å². The van der Waals surface area contributed by atoms with Crippen molar-refractivity contribution in [3.05, 3.63) is 0 Å². The molecule has 1 rings (SSSR count). The molecule has 0 heterocycles. The van der Waals surface area contributed by atoms with Gasteiger partial charge in [0.05, 0.1) is 12.0 Å². The van der Waals surface area contributed by atoms with Gasteiger partial charge in [-0.2, -0.15) is 0 Å². The van der Waals surface area contributed by atoms with Crippen molar-refractivity contribution in [3.63, 3.8) is 0 Å². The maximum Gasteiger partial charge on any atom is 0.307 e. The zero-order chi connectivity index (χ0) is 9.30. The molecular weight excluding hydrogens is 164 g/mol. The number of hydrogen-bond acceptors (Lipinski definition) is 4. The van der Waals surface area contributed by atoms with Crippen LogP contribution >= 0.6 is 0 Å². The summed E-state index contributed by atoms with van der Waals surface area (Å²) in [6.45, 7) is 0. The molecule has 0 aromatic rings. The number of rotatable bonds is 1. The number of carboxylic acid groups (broad SMARTS) is 1. The Kier molecular flexibility index (Phi) is 2.44. The van der Waals surface area contributed by atoms with Crippen molar-refractivity contribution in [2.75, 3.05) is 0 Å². The van der Waals surface area contributed by atoms with Crippen LogP contribution in [0.3, 0.4) is 0 Å². The number of aliphatic carboxylic acids is 1. The molecule has 5 heteroatoms. The molecule has 0 radical (unpaired) electrons. The summed E-state index contributed by atoms with van der Waals surface area (Å²) in [6, 6.07) is 0. The lowest BCUT2D eigenvalue weighted by Gasteiger charge is -2.26. The van der Waals surface area contributed by atoms with Crippen LogP contribution in [0.15, 0.2) is 0 Å². The van der Waals surface area contributed by atoms with E-state index in [9.17, 15) is 9.59 Å². The van der Waals surface area contributed by atoms with Crippen LogP contribution in [0.2, 0.25) is 0 Å². The van der Waals surface area contributed by atoms with E-state index < -0.39 is 29.9 Å². The molecule has 1 saturated carbocycles. The molecule has 1 aliphatic carbocycles. The van der Waals surface area contributed by atoms with Crippen LogP contribution in [-0.2, 0) is 9.59 Å². The summed E-state index contributed by atoms with van der Waals surface area (Å²) in [5, 5.41) is 26.5. The Hall–Kier alpha value is -0.940. The Morgan fingerprint density at radius 1 is 1.42 bits per heavy atom. The van der Waals surface area contributed by atoms with Crippen LogP contribution in [0.25, 0.3) is 0 Å². The summed E-state index contributed by atoms with van der Waals surface area (Å²) < 4.78 is 0. The lowest BCUT2D eigenvalue weighted by atomic mass is 9.84. The highest BCUT2D eigenvalue weighted by atomic mass is 16.4. The Balaban J connectivity index is 2.66. The average molecular weight is 174 g/mol. The molecule has 0 aliphatic heterocycles. The minimum atomic E-state index is -1.40. The molecule has 68 valence electrons. The fraction of sp³-hybridized carbons (Fsp3) is 0.714. The van der Waals surface area contributed by atoms with Gasteiger partial charge < -0.3 is 15.3 Å². The number of carbonyl (C=O) groups excluding carboxylic acids is 1. The number of aliphatic hydroxyl groups is 2. The largest absolute Gasteiger partial charge is 0.481 e. The highest BCUT2D eigenvalue weighted by molar-refractivity contribution is 5.88. The number of carboxylic acids is 1. The highest BCUT2D eigenvalue weighted by Crippen LogP contribution is 2.22. The molecule has 1 aliphatic rings. The molecule has 5 nitrogen and oxygen atoms in total. The van der Waals surface area contributed by atoms with Gasteiger partial charge in [0.15, 0.2) is 5.78 Å². The van der Waals surface area contributed by atoms with E-state index in [1.807, 2.05) is 0 Å². The molecule has 0 amide bonds. The molecule has 0 spiro atoms. The Labute approximate surface area is 68.6 Å². The van der Waals surface area contributed by atoms with E-state index in [2.05, 4.69) is 0 Å². The molecule has 0 aromatic carbocycles. The van der Waals surface area contributed by atoms with Crippen molar-refractivity contribution >= 4 is 11.8 Å². The Bertz CT molecular complexity index is 212. The number of carbonyl (C=O) groups is 2. The minimum Gasteiger partial charge on any atom is -0.481 e. The van der Waals surface area contributed by atoms with Gasteiger partial charge in [0.2, 0.25) is 0 Å².